The lowest BCUT2D eigenvalue weighted by Gasteiger charge is -2.18. The van der Waals surface area contributed by atoms with Gasteiger partial charge in [0.2, 0.25) is 0 Å². The Kier molecular flexibility index (Phi) is 7.30. The first-order valence-electron chi connectivity index (χ1n) is 8.80. The highest BCUT2D eigenvalue weighted by atomic mass is 16.5. The molecule has 0 bridgehead atoms. The first-order chi connectivity index (χ1) is 12.9. The maximum atomic E-state index is 12.0. The van der Waals surface area contributed by atoms with Gasteiger partial charge in [0.15, 0.2) is 0 Å². The lowest BCUT2D eigenvalue weighted by atomic mass is 10.0. The third-order valence-electron chi connectivity index (χ3n) is 3.88. The molecule has 4 N–H and O–H groups in total. The monoisotopic (exact) mass is 374 g/mol. The van der Waals surface area contributed by atoms with Gasteiger partial charge in [-0.2, -0.15) is 0 Å². The summed E-state index contributed by atoms with van der Waals surface area (Å²) in [5.41, 5.74) is 4.46. The molecule has 2 rings (SSSR count). The smallest absolute Gasteiger partial charge is 0.315 e. The predicted molar refractivity (Wildman–Crippen MR) is 98.8 cm³/mol. The number of carbonyl (C=O) groups excluding carboxylic acids is 2. The molecule has 1 heterocycles. The summed E-state index contributed by atoms with van der Waals surface area (Å²) in [5.74, 6) is -0.475. The Labute approximate surface area is 158 Å². The van der Waals surface area contributed by atoms with Crippen molar-refractivity contribution in [3.8, 4) is 0 Å². The lowest BCUT2D eigenvalue weighted by molar-refractivity contribution is -0.131. The van der Waals surface area contributed by atoms with Crippen LogP contribution in [0.2, 0.25) is 0 Å². The molecule has 0 unspecified atom stereocenters. The molecule has 0 saturated carbocycles. The molecule has 0 aliphatic heterocycles. The molecule has 0 saturated heterocycles. The van der Waals surface area contributed by atoms with E-state index in [4.69, 9.17) is 5.21 Å². The summed E-state index contributed by atoms with van der Waals surface area (Å²) in [6.07, 6.45) is 2.17. The van der Waals surface area contributed by atoms with Crippen molar-refractivity contribution in [1.82, 2.24) is 31.1 Å². The van der Waals surface area contributed by atoms with Gasteiger partial charge in [0, 0.05) is 0 Å². The number of urea groups is 1. The van der Waals surface area contributed by atoms with Crippen molar-refractivity contribution < 1.29 is 14.8 Å². The maximum Gasteiger partial charge on any atom is 0.315 e. The van der Waals surface area contributed by atoms with Crippen molar-refractivity contribution in [2.75, 3.05) is 0 Å². The van der Waals surface area contributed by atoms with Crippen LogP contribution in [0.25, 0.3) is 0 Å². The second kappa shape index (κ2) is 9.67. The van der Waals surface area contributed by atoms with E-state index >= 15 is 0 Å². The van der Waals surface area contributed by atoms with E-state index in [9.17, 15) is 9.59 Å². The summed E-state index contributed by atoms with van der Waals surface area (Å²) in [5, 5.41) is 22.1. The van der Waals surface area contributed by atoms with Crippen molar-refractivity contribution in [3.05, 3.63) is 47.3 Å². The number of carbonyl (C=O) groups is 2. The van der Waals surface area contributed by atoms with Gasteiger partial charge in [-0.15, -0.1) is 5.10 Å². The number of aryl methyl sites for hydroxylation is 1. The third kappa shape index (κ3) is 6.70. The number of hydrogen-bond donors (Lipinski definition) is 4. The van der Waals surface area contributed by atoms with Crippen LogP contribution in [-0.2, 0) is 17.9 Å². The molecule has 0 aliphatic carbocycles. The van der Waals surface area contributed by atoms with Crippen LogP contribution in [0.5, 0.6) is 0 Å². The minimum atomic E-state index is -0.813. The molecule has 3 amide bonds. The van der Waals surface area contributed by atoms with Crippen LogP contribution in [-0.4, -0.2) is 38.2 Å². The molecule has 27 heavy (non-hydrogen) atoms. The van der Waals surface area contributed by atoms with Crippen LogP contribution in [0.4, 0.5) is 4.79 Å². The first kappa shape index (κ1) is 20.4. The van der Waals surface area contributed by atoms with Gasteiger partial charge in [-0.3, -0.25) is 10.0 Å². The van der Waals surface area contributed by atoms with Crippen LogP contribution in [0, 0.1) is 12.8 Å². The van der Waals surface area contributed by atoms with Crippen molar-refractivity contribution >= 4 is 11.9 Å². The number of nitrogens with zero attached hydrogens (tertiary/aromatic N) is 3. The fourth-order valence-corrected chi connectivity index (χ4v) is 2.66. The number of nitrogens with one attached hydrogen (secondary N) is 3. The summed E-state index contributed by atoms with van der Waals surface area (Å²) in [6, 6.07) is 6.78. The summed E-state index contributed by atoms with van der Waals surface area (Å²) >= 11 is 0. The summed E-state index contributed by atoms with van der Waals surface area (Å²) in [6.45, 7) is 6.64. The fraction of sp³-hybridized carbons (Fsp3) is 0.444. The summed E-state index contributed by atoms with van der Waals surface area (Å²) < 4.78 is 1.70. The highest BCUT2D eigenvalue weighted by molar-refractivity contribution is 5.86. The lowest BCUT2D eigenvalue weighted by Crippen LogP contribution is -2.49. The second-order valence-electron chi connectivity index (χ2n) is 6.88. The topological polar surface area (TPSA) is 121 Å². The van der Waals surface area contributed by atoms with Gasteiger partial charge in [-0.1, -0.05) is 48.9 Å². The zero-order valence-corrected chi connectivity index (χ0v) is 15.8. The molecule has 0 fully saturated rings. The van der Waals surface area contributed by atoms with Crippen molar-refractivity contribution in [2.24, 2.45) is 5.92 Å². The van der Waals surface area contributed by atoms with E-state index in [0.29, 0.717) is 18.7 Å². The summed E-state index contributed by atoms with van der Waals surface area (Å²) in [4.78, 5) is 23.7. The minimum absolute atomic E-state index is 0.175. The number of aromatic nitrogens is 3. The minimum Gasteiger partial charge on any atom is -0.332 e. The zero-order valence-electron chi connectivity index (χ0n) is 15.8. The highest BCUT2D eigenvalue weighted by Gasteiger charge is 2.21. The Balaban J connectivity index is 1.86. The zero-order chi connectivity index (χ0) is 19.8. The molecule has 9 nitrogen and oxygen atoms in total. The van der Waals surface area contributed by atoms with Gasteiger partial charge < -0.3 is 10.6 Å². The van der Waals surface area contributed by atoms with E-state index in [1.165, 1.54) is 5.56 Å². The maximum absolute atomic E-state index is 12.0. The quantitative estimate of drug-likeness (QED) is 0.411. The Bertz CT molecular complexity index is 774. The standard InChI is InChI=1S/C18H26N6O3/c1-12(2)7-16(17(25)22-27)20-18(26)19-9-15-11-24(23-21-15)10-14-6-4-5-13(3)8-14/h4-6,8,11-12,16,27H,7,9-10H2,1-3H3,(H,22,25)(H2,19,20,26)/t16-/m0/s1. The number of hydroxylamine groups is 1. The Morgan fingerprint density at radius 2 is 2.07 bits per heavy atom. The molecule has 1 aromatic carbocycles. The van der Waals surface area contributed by atoms with E-state index in [-0.39, 0.29) is 12.5 Å². The number of amides is 3. The second-order valence-corrected chi connectivity index (χ2v) is 6.88. The Hall–Kier alpha value is -2.94. The molecule has 146 valence electrons. The molecular weight excluding hydrogens is 348 g/mol. The van der Waals surface area contributed by atoms with Gasteiger partial charge in [-0.05, 0) is 24.8 Å². The van der Waals surface area contributed by atoms with Crippen LogP contribution in [0.15, 0.2) is 30.5 Å². The van der Waals surface area contributed by atoms with Gasteiger partial charge >= 0.3 is 6.03 Å². The molecule has 0 radical (unpaired) electrons. The predicted octanol–water partition coefficient (Wildman–Crippen LogP) is 1.35. The van der Waals surface area contributed by atoms with Crippen LogP contribution >= 0.6 is 0 Å². The van der Waals surface area contributed by atoms with E-state index in [2.05, 4.69) is 27.0 Å². The van der Waals surface area contributed by atoms with Gasteiger partial charge in [0.1, 0.15) is 11.7 Å². The van der Waals surface area contributed by atoms with Crippen molar-refractivity contribution in [2.45, 2.75) is 46.3 Å². The number of benzene rings is 1. The molecular formula is C18H26N6O3. The molecule has 1 aromatic heterocycles. The Morgan fingerprint density at radius 1 is 1.30 bits per heavy atom. The van der Waals surface area contributed by atoms with Crippen molar-refractivity contribution in [3.63, 3.8) is 0 Å². The Morgan fingerprint density at radius 3 is 2.74 bits per heavy atom. The largest absolute Gasteiger partial charge is 0.332 e. The molecule has 0 spiro atoms. The van der Waals surface area contributed by atoms with Crippen LogP contribution in [0.3, 0.4) is 0 Å². The van der Waals surface area contributed by atoms with Crippen molar-refractivity contribution in [1.29, 1.82) is 0 Å². The highest BCUT2D eigenvalue weighted by Crippen LogP contribution is 2.07. The molecule has 2 aromatic rings. The molecule has 1 atom stereocenters. The number of rotatable bonds is 8. The van der Waals surface area contributed by atoms with E-state index < -0.39 is 18.0 Å². The third-order valence-corrected chi connectivity index (χ3v) is 3.88. The fourth-order valence-electron chi connectivity index (χ4n) is 2.66. The summed E-state index contributed by atoms with van der Waals surface area (Å²) in [7, 11) is 0. The van der Waals surface area contributed by atoms with Gasteiger partial charge in [0.05, 0.1) is 19.3 Å². The van der Waals surface area contributed by atoms with Crippen LogP contribution < -0.4 is 16.1 Å². The SMILES string of the molecule is Cc1cccc(Cn2cc(CNC(=O)N[C@@H](CC(C)C)C(=O)NO)nn2)c1. The average molecular weight is 374 g/mol. The molecule has 9 heteroatoms. The number of hydrogen-bond acceptors (Lipinski definition) is 5. The van der Waals surface area contributed by atoms with Crippen LogP contribution in [0.1, 0.15) is 37.1 Å². The molecule has 0 aliphatic rings. The van der Waals surface area contributed by atoms with E-state index in [1.54, 1.807) is 16.4 Å². The van der Waals surface area contributed by atoms with Gasteiger partial charge in [-0.25, -0.2) is 15.0 Å². The first-order valence-corrected chi connectivity index (χ1v) is 8.80. The van der Waals surface area contributed by atoms with E-state index in [1.807, 2.05) is 39.0 Å². The van der Waals surface area contributed by atoms with Gasteiger partial charge in [0.25, 0.3) is 5.91 Å². The average Bonchev–Trinajstić information content (AvgIpc) is 3.05. The van der Waals surface area contributed by atoms with E-state index in [0.717, 1.165) is 5.56 Å². The normalized spacial score (nSPS) is 11.9.